The zero-order valence-corrected chi connectivity index (χ0v) is 10.6. The molecule has 0 spiro atoms. The van der Waals surface area contributed by atoms with E-state index in [1.807, 2.05) is 24.3 Å². The number of nitrogen functional groups attached to an aromatic ring is 1. The molecule has 1 aromatic rings. The average molecular weight is 234 g/mol. The molecule has 2 rings (SSSR count). The van der Waals surface area contributed by atoms with Crippen molar-refractivity contribution in [2.75, 3.05) is 32.5 Å². The van der Waals surface area contributed by atoms with Crippen molar-refractivity contribution in [3.8, 4) is 5.75 Å². The molecule has 0 heterocycles. The summed E-state index contributed by atoms with van der Waals surface area (Å²) in [7, 11) is 2.19. The van der Waals surface area contributed by atoms with Crippen LogP contribution in [-0.4, -0.2) is 31.6 Å². The predicted molar refractivity (Wildman–Crippen MR) is 71.2 cm³/mol. The lowest BCUT2D eigenvalue weighted by atomic mass is 10.3. The highest BCUT2D eigenvalue weighted by Crippen LogP contribution is 2.29. The molecule has 1 aliphatic rings. The summed E-state index contributed by atoms with van der Waals surface area (Å²) in [6, 6.07) is 7.66. The van der Waals surface area contributed by atoms with Crippen molar-refractivity contribution in [2.45, 2.75) is 19.3 Å². The summed E-state index contributed by atoms with van der Waals surface area (Å²) in [6.45, 7) is 3.08. The van der Waals surface area contributed by atoms with Crippen LogP contribution < -0.4 is 10.5 Å². The Labute approximate surface area is 104 Å². The zero-order valence-electron chi connectivity index (χ0n) is 10.6. The topological polar surface area (TPSA) is 38.5 Å². The van der Waals surface area contributed by atoms with Gasteiger partial charge in [0.2, 0.25) is 0 Å². The van der Waals surface area contributed by atoms with E-state index in [9.17, 15) is 0 Å². The maximum atomic E-state index is 5.80. The second kappa shape index (κ2) is 5.92. The molecule has 3 nitrogen and oxygen atoms in total. The Kier molecular flexibility index (Phi) is 4.26. The number of benzene rings is 1. The Balaban J connectivity index is 1.60. The molecule has 0 aromatic heterocycles. The molecule has 2 N–H and O–H groups in total. The Morgan fingerprint density at radius 2 is 2.12 bits per heavy atom. The van der Waals surface area contributed by atoms with E-state index in [0.717, 1.165) is 36.9 Å². The van der Waals surface area contributed by atoms with Crippen molar-refractivity contribution in [2.24, 2.45) is 5.92 Å². The summed E-state index contributed by atoms with van der Waals surface area (Å²) in [5.74, 6) is 1.77. The van der Waals surface area contributed by atoms with Crippen molar-refractivity contribution in [1.82, 2.24) is 4.90 Å². The van der Waals surface area contributed by atoms with E-state index < -0.39 is 0 Å². The maximum absolute atomic E-state index is 5.80. The molecule has 0 saturated heterocycles. The van der Waals surface area contributed by atoms with Gasteiger partial charge < -0.3 is 15.4 Å². The minimum Gasteiger partial charge on any atom is -0.491 e. The van der Waals surface area contributed by atoms with Crippen LogP contribution in [0.15, 0.2) is 24.3 Å². The van der Waals surface area contributed by atoms with Gasteiger partial charge in [-0.3, -0.25) is 0 Å². The van der Waals surface area contributed by atoms with E-state index in [0.29, 0.717) is 0 Å². The molecule has 0 radical (unpaired) electrons. The molecule has 0 atom stereocenters. The molecule has 0 unspecified atom stereocenters. The lowest BCUT2D eigenvalue weighted by Gasteiger charge is -2.16. The van der Waals surface area contributed by atoms with Gasteiger partial charge in [-0.25, -0.2) is 0 Å². The number of hydrogen-bond donors (Lipinski definition) is 1. The number of hydrogen-bond acceptors (Lipinski definition) is 3. The van der Waals surface area contributed by atoms with E-state index in [2.05, 4.69) is 11.9 Å². The van der Waals surface area contributed by atoms with Gasteiger partial charge in [0, 0.05) is 13.1 Å². The van der Waals surface area contributed by atoms with Crippen LogP contribution in [0, 0.1) is 5.92 Å². The first-order valence-electron chi connectivity index (χ1n) is 6.41. The third-order valence-electron chi connectivity index (χ3n) is 3.13. The minimum atomic E-state index is 0.721. The molecule has 3 heteroatoms. The van der Waals surface area contributed by atoms with Gasteiger partial charge in [0.1, 0.15) is 5.75 Å². The van der Waals surface area contributed by atoms with Crippen molar-refractivity contribution in [3.63, 3.8) is 0 Å². The summed E-state index contributed by atoms with van der Waals surface area (Å²) in [4.78, 5) is 2.40. The first-order chi connectivity index (χ1) is 8.25. The van der Waals surface area contributed by atoms with Gasteiger partial charge in [0.05, 0.1) is 12.3 Å². The van der Waals surface area contributed by atoms with Crippen molar-refractivity contribution < 1.29 is 4.74 Å². The summed E-state index contributed by atoms with van der Waals surface area (Å²) < 4.78 is 5.66. The van der Waals surface area contributed by atoms with Gasteiger partial charge in [-0.15, -0.1) is 0 Å². The number of para-hydroxylation sites is 2. The summed E-state index contributed by atoms with van der Waals surface area (Å²) in [5.41, 5.74) is 6.52. The first-order valence-corrected chi connectivity index (χ1v) is 6.41. The van der Waals surface area contributed by atoms with Crippen LogP contribution in [0.3, 0.4) is 0 Å². The molecule has 94 valence electrons. The van der Waals surface area contributed by atoms with Crippen LogP contribution in [0.25, 0.3) is 0 Å². The first kappa shape index (κ1) is 12.2. The van der Waals surface area contributed by atoms with Crippen LogP contribution in [-0.2, 0) is 0 Å². The number of ether oxygens (including phenoxy) is 1. The summed E-state index contributed by atoms with van der Waals surface area (Å²) in [6.07, 6.45) is 3.89. The van der Waals surface area contributed by atoms with Gasteiger partial charge in [0.15, 0.2) is 0 Å². The Morgan fingerprint density at radius 3 is 2.82 bits per heavy atom. The third-order valence-corrected chi connectivity index (χ3v) is 3.13. The molecular weight excluding hydrogens is 212 g/mol. The van der Waals surface area contributed by atoms with Gasteiger partial charge >= 0.3 is 0 Å². The number of nitrogens with two attached hydrogens (primary N) is 1. The number of nitrogens with zero attached hydrogens (tertiary/aromatic N) is 1. The fourth-order valence-corrected chi connectivity index (χ4v) is 1.96. The number of rotatable bonds is 7. The Hall–Kier alpha value is -1.22. The normalized spacial score (nSPS) is 15.2. The van der Waals surface area contributed by atoms with E-state index in [1.165, 1.54) is 19.4 Å². The van der Waals surface area contributed by atoms with E-state index in [1.54, 1.807) is 0 Å². The molecular formula is C14H22N2O. The lowest BCUT2D eigenvalue weighted by molar-refractivity contribution is 0.258. The smallest absolute Gasteiger partial charge is 0.142 e. The molecule has 1 fully saturated rings. The Morgan fingerprint density at radius 1 is 1.35 bits per heavy atom. The second-order valence-electron chi connectivity index (χ2n) is 4.95. The van der Waals surface area contributed by atoms with Crippen LogP contribution in [0.2, 0.25) is 0 Å². The summed E-state index contributed by atoms with van der Waals surface area (Å²) in [5, 5.41) is 0. The molecule has 1 aromatic carbocycles. The SMILES string of the molecule is CN(CCCOc1ccccc1N)CC1CC1. The monoisotopic (exact) mass is 234 g/mol. The molecule has 0 aliphatic heterocycles. The molecule has 0 bridgehead atoms. The Bertz CT molecular complexity index is 350. The van der Waals surface area contributed by atoms with Gasteiger partial charge in [-0.1, -0.05) is 12.1 Å². The molecule has 1 aliphatic carbocycles. The van der Waals surface area contributed by atoms with Gasteiger partial charge in [0.25, 0.3) is 0 Å². The van der Waals surface area contributed by atoms with Crippen LogP contribution in [0.5, 0.6) is 5.75 Å². The van der Waals surface area contributed by atoms with E-state index in [4.69, 9.17) is 10.5 Å². The third kappa shape index (κ3) is 4.27. The molecule has 0 amide bonds. The zero-order chi connectivity index (χ0) is 12.1. The van der Waals surface area contributed by atoms with Gasteiger partial charge in [-0.05, 0) is 44.4 Å². The van der Waals surface area contributed by atoms with E-state index in [-0.39, 0.29) is 0 Å². The van der Waals surface area contributed by atoms with Crippen molar-refractivity contribution in [1.29, 1.82) is 0 Å². The van der Waals surface area contributed by atoms with Gasteiger partial charge in [-0.2, -0.15) is 0 Å². The largest absolute Gasteiger partial charge is 0.491 e. The highest BCUT2D eigenvalue weighted by atomic mass is 16.5. The second-order valence-corrected chi connectivity index (χ2v) is 4.95. The molecule has 1 saturated carbocycles. The van der Waals surface area contributed by atoms with E-state index >= 15 is 0 Å². The lowest BCUT2D eigenvalue weighted by Crippen LogP contribution is -2.23. The fourth-order valence-electron chi connectivity index (χ4n) is 1.96. The highest BCUT2D eigenvalue weighted by Gasteiger charge is 2.22. The maximum Gasteiger partial charge on any atom is 0.142 e. The molecule has 17 heavy (non-hydrogen) atoms. The quantitative estimate of drug-likeness (QED) is 0.581. The summed E-state index contributed by atoms with van der Waals surface area (Å²) >= 11 is 0. The minimum absolute atomic E-state index is 0.721. The fraction of sp³-hybridized carbons (Fsp3) is 0.571. The highest BCUT2D eigenvalue weighted by molar-refractivity contribution is 5.51. The average Bonchev–Trinajstić information content (AvgIpc) is 3.10. The van der Waals surface area contributed by atoms with Crippen LogP contribution >= 0.6 is 0 Å². The van der Waals surface area contributed by atoms with Crippen LogP contribution in [0.1, 0.15) is 19.3 Å². The standard InChI is InChI=1S/C14H22N2O/c1-16(11-12-7-8-12)9-4-10-17-14-6-3-2-5-13(14)15/h2-3,5-6,12H,4,7-11,15H2,1H3. The van der Waals surface area contributed by atoms with Crippen molar-refractivity contribution >= 4 is 5.69 Å². The van der Waals surface area contributed by atoms with Crippen molar-refractivity contribution in [3.05, 3.63) is 24.3 Å². The number of anilines is 1. The van der Waals surface area contributed by atoms with Crippen LogP contribution in [0.4, 0.5) is 5.69 Å². The predicted octanol–water partition coefficient (Wildman–Crippen LogP) is 2.38.